The fourth-order valence-corrected chi connectivity index (χ4v) is 2.50. The van der Waals surface area contributed by atoms with Crippen LogP contribution in [0.3, 0.4) is 0 Å². The van der Waals surface area contributed by atoms with E-state index in [1.165, 1.54) is 5.56 Å². The van der Waals surface area contributed by atoms with E-state index in [1.54, 1.807) is 4.90 Å². The maximum absolute atomic E-state index is 12.4. The average Bonchev–Trinajstić information content (AvgIpc) is 2.46. The number of carbonyl (C=O) groups excluding carboxylic acids is 1. The van der Waals surface area contributed by atoms with Crippen molar-refractivity contribution in [2.24, 2.45) is 0 Å². The number of carbonyl (C=O) groups is 1. The summed E-state index contributed by atoms with van der Waals surface area (Å²) in [6, 6.07) is 8.18. The molecule has 0 radical (unpaired) electrons. The van der Waals surface area contributed by atoms with E-state index in [0.717, 1.165) is 12.0 Å². The van der Waals surface area contributed by atoms with Gasteiger partial charge < -0.3 is 14.4 Å². The first-order valence-electron chi connectivity index (χ1n) is 7.68. The van der Waals surface area contributed by atoms with E-state index < -0.39 is 5.60 Å². The number of hydrogen-bond donors (Lipinski definition) is 0. The molecule has 1 aromatic carbocycles. The van der Waals surface area contributed by atoms with E-state index in [-0.39, 0.29) is 12.1 Å². The third-order valence-electron chi connectivity index (χ3n) is 3.51. The Morgan fingerprint density at radius 2 is 2.27 bits per heavy atom. The highest BCUT2D eigenvalue weighted by Gasteiger charge is 2.31. The van der Waals surface area contributed by atoms with Crippen molar-refractivity contribution in [3.8, 4) is 0 Å². The number of benzene rings is 1. The van der Waals surface area contributed by atoms with Crippen molar-refractivity contribution in [3.05, 3.63) is 42.0 Å². The van der Waals surface area contributed by atoms with Gasteiger partial charge in [-0.25, -0.2) is 4.79 Å². The Morgan fingerprint density at radius 3 is 2.95 bits per heavy atom. The van der Waals surface area contributed by atoms with Crippen molar-refractivity contribution in [3.63, 3.8) is 0 Å². The molecule has 1 aliphatic heterocycles. The minimum absolute atomic E-state index is 0.00339. The molecule has 1 saturated heterocycles. The molecular weight excluding hydrogens is 278 g/mol. The Kier molecular flexibility index (Phi) is 5.24. The molecule has 22 heavy (non-hydrogen) atoms. The van der Waals surface area contributed by atoms with Crippen LogP contribution in [0.15, 0.2) is 30.8 Å². The highest BCUT2D eigenvalue weighted by molar-refractivity contribution is 5.68. The number of hydrogen-bond acceptors (Lipinski definition) is 3. The Bertz CT molecular complexity index is 533. The lowest BCUT2D eigenvalue weighted by atomic mass is 10.0. The van der Waals surface area contributed by atoms with E-state index in [0.29, 0.717) is 19.8 Å². The van der Waals surface area contributed by atoms with Crippen LogP contribution in [0.1, 0.15) is 31.9 Å². The van der Waals surface area contributed by atoms with Crippen molar-refractivity contribution >= 4 is 12.2 Å². The largest absolute Gasteiger partial charge is 0.444 e. The van der Waals surface area contributed by atoms with Gasteiger partial charge in [0.1, 0.15) is 5.60 Å². The summed E-state index contributed by atoms with van der Waals surface area (Å²) in [5.41, 5.74) is 1.77. The Balaban J connectivity index is 2.09. The highest BCUT2D eigenvalue weighted by Crippen LogP contribution is 2.18. The third-order valence-corrected chi connectivity index (χ3v) is 3.51. The van der Waals surface area contributed by atoms with Gasteiger partial charge >= 0.3 is 6.09 Å². The van der Waals surface area contributed by atoms with Crippen molar-refractivity contribution in [1.29, 1.82) is 0 Å². The smallest absolute Gasteiger partial charge is 0.410 e. The van der Waals surface area contributed by atoms with E-state index in [9.17, 15) is 4.79 Å². The summed E-state index contributed by atoms with van der Waals surface area (Å²) in [6.07, 6.45) is 2.31. The molecule has 0 aromatic heterocycles. The van der Waals surface area contributed by atoms with Crippen LogP contribution in [0.2, 0.25) is 0 Å². The summed E-state index contributed by atoms with van der Waals surface area (Å²) in [5, 5.41) is 0. The lowest BCUT2D eigenvalue weighted by Crippen LogP contribution is -2.51. The van der Waals surface area contributed by atoms with Gasteiger partial charge in [0.25, 0.3) is 0 Å². The molecule has 0 bridgehead atoms. The van der Waals surface area contributed by atoms with Crippen LogP contribution < -0.4 is 0 Å². The van der Waals surface area contributed by atoms with E-state index in [1.807, 2.05) is 39.0 Å². The third kappa shape index (κ3) is 4.60. The van der Waals surface area contributed by atoms with Gasteiger partial charge in [0, 0.05) is 6.54 Å². The molecule has 1 aromatic rings. The van der Waals surface area contributed by atoms with Crippen LogP contribution in [0.5, 0.6) is 0 Å². The van der Waals surface area contributed by atoms with Gasteiger partial charge in [-0.2, -0.15) is 0 Å². The number of ether oxygens (including phenoxy) is 2. The monoisotopic (exact) mass is 303 g/mol. The summed E-state index contributed by atoms with van der Waals surface area (Å²) in [7, 11) is 0. The van der Waals surface area contributed by atoms with Crippen LogP contribution in [0, 0.1) is 0 Å². The SMILES string of the molecule is C=Cc1cccc(C[C@@H]2COCCN2C(=O)OC(C)(C)C)c1. The molecule has 1 fully saturated rings. The molecule has 1 heterocycles. The number of rotatable bonds is 3. The second-order valence-electron chi connectivity index (χ2n) is 6.56. The van der Waals surface area contributed by atoms with Crippen molar-refractivity contribution in [1.82, 2.24) is 4.90 Å². The summed E-state index contributed by atoms with van der Waals surface area (Å²) >= 11 is 0. The Hall–Kier alpha value is -1.81. The van der Waals surface area contributed by atoms with Crippen molar-refractivity contribution in [2.75, 3.05) is 19.8 Å². The predicted molar refractivity (Wildman–Crippen MR) is 87.8 cm³/mol. The Labute approximate surface area is 132 Å². The quantitative estimate of drug-likeness (QED) is 0.857. The topological polar surface area (TPSA) is 38.8 Å². The van der Waals surface area contributed by atoms with E-state index in [2.05, 4.69) is 18.7 Å². The molecule has 2 rings (SSSR count). The predicted octanol–water partition coefficient (Wildman–Crippen LogP) is 3.51. The summed E-state index contributed by atoms with van der Waals surface area (Å²) in [6.45, 7) is 11.1. The van der Waals surface area contributed by atoms with Gasteiger partial charge in [0.2, 0.25) is 0 Å². The van der Waals surface area contributed by atoms with Gasteiger partial charge in [-0.05, 0) is 38.3 Å². The van der Waals surface area contributed by atoms with Crippen molar-refractivity contribution < 1.29 is 14.3 Å². The lowest BCUT2D eigenvalue weighted by Gasteiger charge is -2.36. The molecule has 0 spiro atoms. The first-order chi connectivity index (χ1) is 10.4. The normalized spacial score (nSPS) is 18.9. The second-order valence-corrected chi connectivity index (χ2v) is 6.56. The zero-order valence-electron chi connectivity index (χ0n) is 13.7. The zero-order chi connectivity index (χ0) is 16.2. The van der Waals surface area contributed by atoms with Gasteiger partial charge in [0.15, 0.2) is 0 Å². The van der Waals surface area contributed by atoms with E-state index >= 15 is 0 Å². The molecule has 0 unspecified atom stereocenters. The molecule has 0 N–H and O–H groups in total. The number of nitrogens with zero attached hydrogens (tertiary/aromatic N) is 1. The second kappa shape index (κ2) is 6.97. The summed E-state index contributed by atoms with van der Waals surface area (Å²) in [4.78, 5) is 14.2. The van der Waals surface area contributed by atoms with Crippen LogP contribution in [0.4, 0.5) is 4.79 Å². The number of morpholine rings is 1. The van der Waals surface area contributed by atoms with Crippen molar-refractivity contribution in [2.45, 2.75) is 38.8 Å². The number of amides is 1. The molecule has 0 aliphatic carbocycles. The minimum atomic E-state index is -0.483. The van der Waals surface area contributed by atoms with Gasteiger partial charge in [0.05, 0.1) is 19.3 Å². The summed E-state index contributed by atoms with van der Waals surface area (Å²) in [5.74, 6) is 0. The molecule has 0 saturated carbocycles. The maximum Gasteiger partial charge on any atom is 0.410 e. The lowest BCUT2D eigenvalue weighted by molar-refractivity contribution is -0.0319. The van der Waals surface area contributed by atoms with Crippen LogP contribution in [0.25, 0.3) is 6.08 Å². The van der Waals surface area contributed by atoms with Crippen LogP contribution >= 0.6 is 0 Å². The maximum atomic E-state index is 12.4. The van der Waals surface area contributed by atoms with Gasteiger partial charge in [-0.1, -0.05) is 36.9 Å². The molecular formula is C18H25NO3. The average molecular weight is 303 g/mol. The van der Waals surface area contributed by atoms with Gasteiger partial charge in [-0.3, -0.25) is 0 Å². The van der Waals surface area contributed by atoms with Crippen LogP contribution in [-0.2, 0) is 15.9 Å². The fourth-order valence-electron chi connectivity index (χ4n) is 2.50. The summed E-state index contributed by atoms with van der Waals surface area (Å²) < 4.78 is 11.1. The molecule has 4 heteroatoms. The standard InChI is InChI=1S/C18H25NO3/c1-5-14-7-6-8-15(11-14)12-16-13-21-10-9-19(16)17(20)22-18(2,3)4/h5-8,11,16H,1,9-10,12-13H2,2-4H3/t16-/m1/s1. The van der Waals surface area contributed by atoms with Crippen LogP contribution in [-0.4, -0.2) is 42.4 Å². The Morgan fingerprint density at radius 1 is 1.50 bits per heavy atom. The zero-order valence-corrected chi connectivity index (χ0v) is 13.7. The molecule has 120 valence electrons. The minimum Gasteiger partial charge on any atom is -0.444 e. The highest BCUT2D eigenvalue weighted by atomic mass is 16.6. The van der Waals surface area contributed by atoms with Gasteiger partial charge in [-0.15, -0.1) is 0 Å². The van der Waals surface area contributed by atoms with E-state index in [4.69, 9.17) is 9.47 Å². The fraction of sp³-hybridized carbons (Fsp3) is 0.500. The first-order valence-corrected chi connectivity index (χ1v) is 7.68. The molecule has 4 nitrogen and oxygen atoms in total. The molecule has 1 atom stereocenters. The molecule has 1 amide bonds. The molecule has 1 aliphatic rings. The first kappa shape index (κ1) is 16.6.